The van der Waals surface area contributed by atoms with E-state index >= 15 is 0 Å². The van der Waals surface area contributed by atoms with E-state index in [1.807, 2.05) is 20.2 Å². The van der Waals surface area contributed by atoms with Crippen LogP contribution in [0.1, 0.15) is 17.3 Å². The lowest BCUT2D eigenvalue weighted by molar-refractivity contribution is 0.526. The standard InChI is InChI=1S/C12H13N3O/c1-5-10-11(6-2)16-12(14-10)9(7-13)8-15(3)4/h5-6,8H,1-2H2,3-4H3/b9-8+. The van der Waals surface area contributed by atoms with Crippen LogP contribution in [0.5, 0.6) is 0 Å². The second-order valence-electron chi connectivity index (χ2n) is 3.29. The largest absolute Gasteiger partial charge is 0.435 e. The number of nitriles is 1. The van der Waals surface area contributed by atoms with Crippen molar-refractivity contribution >= 4 is 17.7 Å². The highest BCUT2D eigenvalue weighted by atomic mass is 16.4. The second kappa shape index (κ2) is 4.99. The van der Waals surface area contributed by atoms with Crippen molar-refractivity contribution in [2.45, 2.75) is 0 Å². The summed E-state index contributed by atoms with van der Waals surface area (Å²) in [5, 5.41) is 8.98. The van der Waals surface area contributed by atoms with E-state index in [2.05, 4.69) is 18.1 Å². The van der Waals surface area contributed by atoms with Gasteiger partial charge in [0.15, 0.2) is 5.76 Å². The Morgan fingerprint density at radius 1 is 1.44 bits per heavy atom. The lowest BCUT2D eigenvalue weighted by Gasteiger charge is -2.03. The molecule has 0 amide bonds. The van der Waals surface area contributed by atoms with Gasteiger partial charge in [0.2, 0.25) is 5.89 Å². The molecule has 0 fully saturated rings. The molecule has 82 valence electrons. The second-order valence-corrected chi connectivity index (χ2v) is 3.29. The molecule has 0 bridgehead atoms. The molecule has 0 saturated heterocycles. The molecule has 16 heavy (non-hydrogen) atoms. The number of hydrogen-bond acceptors (Lipinski definition) is 4. The Hall–Kier alpha value is -2.28. The van der Waals surface area contributed by atoms with Crippen LogP contribution in [0, 0.1) is 11.3 Å². The molecule has 4 nitrogen and oxygen atoms in total. The van der Waals surface area contributed by atoms with Gasteiger partial charge >= 0.3 is 0 Å². The predicted octanol–water partition coefficient (Wildman–Crippen LogP) is 2.39. The lowest BCUT2D eigenvalue weighted by atomic mass is 10.3. The number of oxazole rings is 1. The molecule has 1 heterocycles. The molecule has 0 aromatic carbocycles. The highest BCUT2D eigenvalue weighted by Gasteiger charge is 2.12. The summed E-state index contributed by atoms with van der Waals surface area (Å²) in [5.41, 5.74) is 0.950. The normalized spacial score (nSPS) is 10.7. The highest BCUT2D eigenvalue weighted by Crippen LogP contribution is 2.19. The summed E-state index contributed by atoms with van der Waals surface area (Å²) in [6.45, 7) is 7.22. The van der Waals surface area contributed by atoms with Crippen LogP contribution in [0.4, 0.5) is 0 Å². The Bertz CT molecular complexity index is 449. The fourth-order valence-corrected chi connectivity index (χ4v) is 1.14. The van der Waals surface area contributed by atoms with Gasteiger partial charge in [0, 0.05) is 20.3 Å². The van der Waals surface area contributed by atoms with Crippen molar-refractivity contribution < 1.29 is 4.42 Å². The molecular weight excluding hydrogens is 202 g/mol. The zero-order valence-corrected chi connectivity index (χ0v) is 9.40. The molecule has 0 unspecified atom stereocenters. The summed E-state index contributed by atoms with van der Waals surface area (Å²) >= 11 is 0. The van der Waals surface area contributed by atoms with Gasteiger partial charge in [-0.1, -0.05) is 13.2 Å². The molecule has 1 aromatic rings. The zero-order valence-electron chi connectivity index (χ0n) is 9.40. The number of hydrogen-bond donors (Lipinski definition) is 0. The third-order valence-electron chi connectivity index (χ3n) is 1.80. The first-order valence-corrected chi connectivity index (χ1v) is 4.66. The van der Waals surface area contributed by atoms with Crippen LogP contribution in [0.25, 0.3) is 17.7 Å². The van der Waals surface area contributed by atoms with E-state index in [-0.39, 0.29) is 5.89 Å². The van der Waals surface area contributed by atoms with Gasteiger partial charge in [-0.25, -0.2) is 4.98 Å². The summed E-state index contributed by atoms with van der Waals surface area (Å²) in [5.74, 6) is 0.797. The molecule has 1 rings (SSSR count). The van der Waals surface area contributed by atoms with Gasteiger partial charge in [-0.3, -0.25) is 0 Å². The van der Waals surface area contributed by atoms with Crippen LogP contribution < -0.4 is 0 Å². The predicted molar refractivity (Wildman–Crippen MR) is 64.0 cm³/mol. The maximum Gasteiger partial charge on any atom is 0.239 e. The summed E-state index contributed by atoms with van der Waals surface area (Å²) in [4.78, 5) is 5.90. The summed E-state index contributed by atoms with van der Waals surface area (Å²) in [6, 6.07) is 2.03. The molecule has 0 atom stereocenters. The van der Waals surface area contributed by atoms with Crippen LogP contribution in [-0.2, 0) is 0 Å². The Labute approximate surface area is 94.8 Å². The summed E-state index contributed by atoms with van der Waals surface area (Å²) in [7, 11) is 3.65. The van der Waals surface area contributed by atoms with E-state index in [1.54, 1.807) is 17.2 Å². The monoisotopic (exact) mass is 215 g/mol. The first-order chi connectivity index (χ1) is 7.62. The molecule has 0 aliphatic carbocycles. The SMILES string of the molecule is C=Cc1nc(/C(C#N)=C/N(C)C)oc1C=C. The number of rotatable bonds is 4. The average Bonchev–Trinajstić information content (AvgIpc) is 2.68. The Balaban J connectivity index is 3.23. The fourth-order valence-electron chi connectivity index (χ4n) is 1.14. The molecule has 0 saturated carbocycles. The van der Waals surface area contributed by atoms with Gasteiger partial charge in [0.1, 0.15) is 17.3 Å². The van der Waals surface area contributed by atoms with E-state index in [9.17, 15) is 0 Å². The van der Waals surface area contributed by atoms with Crippen LogP contribution >= 0.6 is 0 Å². The topological polar surface area (TPSA) is 53.1 Å². The molecule has 0 aliphatic heterocycles. The van der Waals surface area contributed by atoms with Crippen molar-refractivity contribution in [1.82, 2.24) is 9.88 Å². The van der Waals surface area contributed by atoms with Crippen molar-refractivity contribution in [3.05, 3.63) is 36.7 Å². The third-order valence-corrected chi connectivity index (χ3v) is 1.80. The molecule has 0 spiro atoms. The van der Waals surface area contributed by atoms with E-state index < -0.39 is 0 Å². The fraction of sp³-hybridized carbons (Fsp3) is 0.167. The molecule has 0 radical (unpaired) electrons. The van der Waals surface area contributed by atoms with Crippen LogP contribution in [0.2, 0.25) is 0 Å². The maximum absolute atomic E-state index is 8.98. The van der Waals surface area contributed by atoms with Gasteiger partial charge in [0.05, 0.1) is 0 Å². The van der Waals surface area contributed by atoms with Crippen molar-refractivity contribution in [2.75, 3.05) is 14.1 Å². The van der Waals surface area contributed by atoms with E-state index in [4.69, 9.17) is 9.68 Å². The Morgan fingerprint density at radius 2 is 2.12 bits per heavy atom. The van der Waals surface area contributed by atoms with Gasteiger partial charge in [-0.15, -0.1) is 0 Å². The van der Waals surface area contributed by atoms with Crippen molar-refractivity contribution in [1.29, 1.82) is 5.26 Å². The average molecular weight is 215 g/mol. The van der Waals surface area contributed by atoms with Gasteiger partial charge in [-0.2, -0.15) is 5.26 Å². The van der Waals surface area contributed by atoms with Gasteiger partial charge < -0.3 is 9.32 Å². The molecular formula is C12H13N3O. The Morgan fingerprint density at radius 3 is 2.50 bits per heavy atom. The van der Waals surface area contributed by atoms with Crippen molar-refractivity contribution in [2.24, 2.45) is 0 Å². The van der Waals surface area contributed by atoms with E-state index in [0.717, 1.165) is 0 Å². The quantitative estimate of drug-likeness (QED) is 0.723. The summed E-state index contributed by atoms with van der Waals surface area (Å²) < 4.78 is 5.39. The first-order valence-electron chi connectivity index (χ1n) is 4.66. The van der Waals surface area contributed by atoms with Crippen molar-refractivity contribution in [3.63, 3.8) is 0 Å². The van der Waals surface area contributed by atoms with Crippen LogP contribution in [0.15, 0.2) is 23.8 Å². The third kappa shape index (κ3) is 2.39. The van der Waals surface area contributed by atoms with E-state index in [0.29, 0.717) is 17.0 Å². The van der Waals surface area contributed by atoms with Crippen LogP contribution in [-0.4, -0.2) is 24.0 Å². The molecule has 4 heteroatoms. The molecule has 0 aliphatic rings. The van der Waals surface area contributed by atoms with Gasteiger partial charge in [0.25, 0.3) is 0 Å². The zero-order chi connectivity index (χ0) is 12.1. The Kier molecular flexibility index (Phi) is 3.67. The van der Waals surface area contributed by atoms with Crippen LogP contribution in [0.3, 0.4) is 0 Å². The minimum atomic E-state index is 0.279. The lowest BCUT2D eigenvalue weighted by Crippen LogP contribution is -2.02. The minimum absolute atomic E-state index is 0.279. The summed E-state index contributed by atoms with van der Waals surface area (Å²) in [6.07, 6.45) is 4.75. The van der Waals surface area contributed by atoms with Crippen molar-refractivity contribution in [3.8, 4) is 6.07 Å². The molecule has 1 aromatic heterocycles. The maximum atomic E-state index is 8.98. The number of allylic oxidation sites excluding steroid dienone is 1. The molecule has 0 N–H and O–H groups in total. The smallest absolute Gasteiger partial charge is 0.239 e. The minimum Gasteiger partial charge on any atom is -0.435 e. The number of aromatic nitrogens is 1. The number of nitrogens with zero attached hydrogens (tertiary/aromatic N) is 3. The first kappa shape index (κ1) is 11.8. The highest BCUT2D eigenvalue weighted by molar-refractivity contribution is 5.72. The van der Waals surface area contributed by atoms with Gasteiger partial charge in [-0.05, 0) is 12.2 Å². The van der Waals surface area contributed by atoms with E-state index in [1.165, 1.54) is 6.08 Å².